The first-order valence-electron chi connectivity index (χ1n) is 10.3. The molecule has 0 saturated carbocycles. The maximum absolute atomic E-state index is 12.9. The van der Waals surface area contributed by atoms with E-state index in [9.17, 15) is 18.3 Å². The van der Waals surface area contributed by atoms with Crippen LogP contribution in [0.25, 0.3) is 22.5 Å². The quantitative estimate of drug-likeness (QED) is 0.326. The van der Waals surface area contributed by atoms with Crippen molar-refractivity contribution < 1.29 is 18.3 Å². The van der Waals surface area contributed by atoms with Gasteiger partial charge in [-0.1, -0.05) is 24.3 Å². The van der Waals surface area contributed by atoms with Gasteiger partial charge >= 0.3 is 6.18 Å². The summed E-state index contributed by atoms with van der Waals surface area (Å²) in [4.78, 5) is 12.2. The van der Waals surface area contributed by atoms with Crippen LogP contribution in [-0.2, 0) is 11.8 Å². The van der Waals surface area contributed by atoms with E-state index in [0.29, 0.717) is 17.0 Å². The molecule has 0 radical (unpaired) electrons. The Hall–Kier alpha value is -3.65. The van der Waals surface area contributed by atoms with Crippen molar-refractivity contribution in [3.8, 4) is 22.5 Å². The Kier molecular flexibility index (Phi) is 5.71. The van der Waals surface area contributed by atoms with Crippen molar-refractivity contribution in [1.82, 2.24) is 15.0 Å². The second kappa shape index (κ2) is 8.37. The van der Waals surface area contributed by atoms with E-state index < -0.39 is 17.3 Å². The SMILES string of the molecule is Cc1ccc(-c2ccc(Nc3nc(-c4ccc(C(F)(F)F)cc4)cc(C(C)(C)O)n3)cc2)[nH]1. The number of anilines is 2. The highest BCUT2D eigenvalue weighted by Crippen LogP contribution is 2.32. The molecule has 0 aliphatic heterocycles. The lowest BCUT2D eigenvalue weighted by atomic mass is 10.0. The standard InChI is InChI=1S/C25H23F3N4O/c1-15-4-13-20(29-15)16-7-11-19(12-8-16)30-23-31-21(14-22(32-23)24(2,3)33)17-5-9-18(10-6-17)25(26,27)28/h4-14,29,33H,1-3H3,(H,30,31,32). The number of aromatic amines is 1. The number of nitrogens with one attached hydrogen (secondary N) is 2. The van der Waals surface area contributed by atoms with E-state index in [1.807, 2.05) is 43.3 Å². The molecule has 0 fully saturated rings. The third kappa shape index (κ3) is 5.23. The van der Waals surface area contributed by atoms with E-state index in [1.54, 1.807) is 19.9 Å². The van der Waals surface area contributed by atoms with Gasteiger partial charge in [0.25, 0.3) is 0 Å². The summed E-state index contributed by atoms with van der Waals surface area (Å²) < 4.78 is 38.7. The van der Waals surface area contributed by atoms with Crippen LogP contribution in [0.1, 0.15) is 30.8 Å². The summed E-state index contributed by atoms with van der Waals surface area (Å²) in [6, 6.07) is 18.0. The molecule has 2 aromatic carbocycles. The van der Waals surface area contributed by atoms with E-state index in [1.165, 1.54) is 12.1 Å². The Morgan fingerprint density at radius 3 is 2.03 bits per heavy atom. The molecule has 2 aromatic heterocycles. The number of aromatic nitrogens is 3. The summed E-state index contributed by atoms with van der Waals surface area (Å²) >= 11 is 0. The summed E-state index contributed by atoms with van der Waals surface area (Å²) in [5.74, 6) is 0.230. The van der Waals surface area contributed by atoms with Gasteiger partial charge < -0.3 is 15.4 Å². The molecule has 0 aliphatic carbocycles. The van der Waals surface area contributed by atoms with Gasteiger partial charge in [0.15, 0.2) is 0 Å². The van der Waals surface area contributed by atoms with Gasteiger partial charge in [0.1, 0.15) is 5.60 Å². The number of rotatable bonds is 5. The maximum atomic E-state index is 12.9. The first-order chi connectivity index (χ1) is 15.5. The predicted molar refractivity (Wildman–Crippen MR) is 122 cm³/mol. The molecule has 0 bridgehead atoms. The van der Waals surface area contributed by atoms with Gasteiger partial charge in [-0.2, -0.15) is 13.2 Å². The van der Waals surface area contributed by atoms with Crippen molar-refractivity contribution in [3.63, 3.8) is 0 Å². The fourth-order valence-electron chi connectivity index (χ4n) is 3.33. The van der Waals surface area contributed by atoms with Crippen LogP contribution in [0.15, 0.2) is 66.7 Å². The normalized spacial score (nSPS) is 12.1. The Labute approximate surface area is 189 Å². The highest BCUT2D eigenvalue weighted by Gasteiger charge is 2.30. The van der Waals surface area contributed by atoms with Crippen molar-refractivity contribution in [2.45, 2.75) is 32.5 Å². The molecule has 8 heteroatoms. The van der Waals surface area contributed by atoms with Gasteiger partial charge in [0, 0.05) is 22.6 Å². The lowest BCUT2D eigenvalue weighted by molar-refractivity contribution is -0.137. The van der Waals surface area contributed by atoms with Gasteiger partial charge in [-0.25, -0.2) is 9.97 Å². The minimum atomic E-state index is -4.42. The van der Waals surface area contributed by atoms with Crippen molar-refractivity contribution in [3.05, 3.63) is 83.7 Å². The topological polar surface area (TPSA) is 73.8 Å². The minimum absolute atomic E-state index is 0.230. The fraction of sp³-hybridized carbons (Fsp3) is 0.200. The second-order valence-corrected chi connectivity index (χ2v) is 8.35. The van der Waals surface area contributed by atoms with Crippen LogP contribution in [0.2, 0.25) is 0 Å². The van der Waals surface area contributed by atoms with Crippen molar-refractivity contribution >= 4 is 11.6 Å². The highest BCUT2D eigenvalue weighted by molar-refractivity contribution is 5.67. The Balaban J connectivity index is 1.65. The first kappa shape index (κ1) is 22.5. The Morgan fingerprint density at radius 2 is 1.48 bits per heavy atom. The van der Waals surface area contributed by atoms with Crippen LogP contribution in [0.4, 0.5) is 24.8 Å². The number of alkyl halides is 3. The lowest BCUT2D eigenvalue weighted by Crippen LogP contribution is -2.19. The summed E-state index contributed by atoms with van der Waals surface area (Å²) in [5.41, 5.74) is 3.04. The van der Waals surface area contributed by atoms with Gasteiger partial charge in [-0.05, 0) is 68.8 Å². The van der Waals surface area contributed by atoms with Crippen LogP contribution < -0.4 is 5.32 Å². The summed E-state index contributed by atoms with van der Waals surface area (Å²) in [7, 11) is 0. The molecule has 0 unspecified atom stereocenters. The molecule has 5 nitrogen and oxygen atoms in total. The van der Waals surface area contributed by atoms with Crippen molar-refractivity contribution in [1.29, 1.82) is 0 Å². The monoisotopic (exact) mass is 452 g/mol. The number of nitrogens with zero attached hydrogens (tertiary/aromatic N) is 2. The summed E-state index contributed by atoms with van der Waals surface area (Å²) in [6.07, 6.45) is -4.42. The summed E-state index contributed by atoms with van der Waals surface area (Å²) in [5, 5.41) is 13.6. The first-order valence-corrected chi connectivity index (χ1v) is 10.3. The molecular weight excluding hydrogens is 429 g/mol. The van der Waals surface area contributed by atoms with Gasteiger partial charge in [-0.3, -0.25) is 0 Å². The van der Waals surface area contributed by atoms with E-state index >= 15 is 0 Å². The Morgan fingerprint density at radius 1 is 0.848 bits per heavy atom. The molecule has 0 saturated heterocycles. The predicted octanol–water partition coefficient (Wildman–Crippen LogP) is 6.44. The van der Waals surface area contributed by atoms with Gasteiger partial charge in [0.2, 0.25) is 5.95 Å². The highest BCUT2D eigenvalue weighted by atomic mass is 19.4. The molecule has 0 spiro atoms. The molecule has 33 heavy (non-hydrogen) atoms. The number of hydrogen-bond acceptors (Lipinski definition) is 4. The lowest BCUT2D eigenvalue weighted by Gasteiger charge is -2.19. The molecule has 0 atom stereocenters. The molecule has 0 aliphatic rings. The number of H-pyrrole nitrogens is 1. The molecule has 4 rings (SSSR count). The zero-order chi connectivity index (χ0) is 23.8. The molecule has 170 valence electrons. The zero-order valence-corrected chi connectivity index (χ0v) is 18.3. The maximum Gasteiger partial charge on any atom is 0.416 e. The molecule has 4 aromatic rings. The second-order valence-electron chi connectivity index (χ2n) is 8.35. The van der Waals surface area contributed by atoms with Gasteiger partial charge in [0.05, 0.1) is 17.0 Å². The number of benzene rings is 2. The van der Waals surface area contributed by atoms with Crippen LogP contribution >= 0.6 is 0 Å². The van der Waals surface area contributed by atoms with E-state index in [0.717, 1.165) is 34.8 Å². The van der Waals surface area contributed by atoms with Crippen LogP contribution in [0.3, 0.4) is 0 Å². The van der Waals surface area contributed by atoms with E-state index in [-0.39, 0.29) is 5.95 Å². The van der Waals surface area contributed by atoms with Crippen molar-refractivity contribution in [2.75, 3.05) is 5.32 Å². The van der Waals surface area contributed by atoms with Crippen molar-refractivity contribution in [2.24, 2.45) is 0 Å². The van der Waals surface area contributed by atoms with Gasteiger partial charge in [-0.15, -0.1) is 0 Å². The van der Waals surface area contributed by atoms with Crippen LogP contribution in [0, 0.1) is 6.92 Å². The molecular formula is C25H23F3N4O. The average Bonchev–Trinajstić information content (AvgIpc) is 3.19. The number of hydrogen-bond donors (Lipinski definition) is 3. The smallest absolute Gasteiger partial charge is 0.384 e. The number of aliphatic hydroxyl groups is 1. The number of halogens is 3. The zero-order valence-electron chi connectivity index (χ0n) is 18.3. The molecule has 0 amide bonds. The average molecular weight is 452 g/mol. The molecule has 2 heterocycles. The number of aryl methyl sites for hydroxylation is 1. The van der Waals surface area contributed by atoms with Crippen LogP contribution in [0.5, 0.6) is 0 Å². The summed E-state index contributed by atoms with van der Waals surface area (Å²) in [6.45, 7) is 5.16. The Bertz CT molecular complexity index is 1250. The fourth-order valence-corrected chi connectivity index (χ4v) is 3.33. The van der Waals surface area contributed by atoms with Crippen LogP contribution in [-0.4, -0.2) is 20.1 Å². The minimum Gasteiger partial charge on any atom is -0.384 e. The van der Waals surface area contributed by atoms with E-state index in [2.05, 4.69) is 20.3 Å². The molecule has 3 N–H and O–H groups in total. The van der Waals surface area contributed by atoms with E-state index in [4.69, 9.17) is 0 Å². The third-order valence-electron chi connectivity index (χ3n) is 5.14. The third-order valence-corrected chi connectivity index (χ3v) is 5.14. The largest absolute Gasteiger partial charge is 0.416 e.